The largest absolute Gasteiger partial charge is 0.395 e. The molecule has 3 heteroatoms. The number of hydrogen-bond acceptors (Lipinski definition) is 2. The van der Waals surface area contributed by atoms with Gasteiger partial charge in [0, 0.05) is 13.2 Å². The predicted octanol–water partition coefficient (Wildman–Crippen LogP) is 6.83. The van der Waals surface area contributed by atoms with Crippen molar-refractivity contribution in [2.24, 2.45) is 0 Å². The van der Waals surface area contributed by atoms with Gasteiger partial charge in [0.05, 0.1) is 0 Å². The second-order valence-electron chi connectivity index (χ2n) is 6.99. The first-order valence-electron chi connectivity index (χ1n) is 9.90. The summed E-state index contributed by atoms with van der Waals surface area (Å²) in [7, 11) is -1.86. The highest BCUT2D eigenvalue weighted by Crippen LogP contribution is 2.12. The van der Waals surface area contributed by atoms with Gasteiger partial charge in [0.25, 0.3) is 0 Å². The summed E-state index contributed by atoms with van der Waals surface area (Å²) >= 11 is 0. The van der Waals surface area contributed by atoms with Crippen LogP contribution in [0, 0.1) is 0 Å². The molecular weight excluding hydrogens is 288 g/mol. The summed E-state index contributed by atoms with van der Waals surface area (Å²) in [4.78, 5) is 0. The van der Waals surface area contributed by atoms with Gasteiger partial charge >= 0.3 is 8.56 Å². The highest BCUT2D eigenvalue weighted by atomic mass is 28.4. The molecule has 134 valence electrons. The molecule has 0 aliphatic carbocycles. The van der Waals surface area contributed by atoms with Crippen molar-refractivity contribution in [1.29, 1.82) is 0 Å². The Kier molecular flexibility index (Phi) is 16.1. The van der Waals surface area contributed by atoms with E-state index in [0.717, 1.165) is 13.2 Å². The highest BCUT2D eigenvalue weighted by Gasteiger charge is 2.23. The zero-order valence-electron chi connectivity index (χ0n) is 15.9. The van der Waals surface area contributed by atoms with Crippen molar-refractivity contribution >= 4 is 8.56 Å². The third kappa shape index (κ3) is 16.5. The van der Waals surface area contributed by atoms with Crippen LogP contribution in [-0.4, -0.2) is 21.8 Å². The Morgan fingerprint density at radius 3 is 1.18 bits per heavy atom. The van der Waals surface area contributed by atoms with Gasteiger partial charge in [-0.1, -0.05) is 84.5 Å². The van der Waals surface area contributed by atoms with E-state index in [2.05, 4.69) is 26.9 Å². The lowest BCUT2D eigenvalue weighted by Crippen LogP contribution is -2.35. The molecule has 0 aromatic heterocycles. The zero-order valence-corrected chi connectivity index (χ0v) is 16.9. The van der Waals surface area contributed by atoms with Gasteiger partial charge in [-0.05, 0) is 25.9 Å². The molecule has 0 amide bonds. The van der Waals surface area contributed by atoms with Gasteiger partial charge in [-0.15, -0.1) is 0 Å². The Hall–Kier alpha value is 0.137. The van der Waals surface area contributed by atoms with Crippen molar-refractivity contribution < 1.29 is 8.85 Å². The first-order valence-corrected chi connectivity index (χ1v) is 12.7. The molecule has 0 N–H and O–H groups in total. The molecule has 0 heterocycles. The third-order valence-corrected chi connectivity index (χ3v) is 5.94. The van der Waals surface area contributed by atoms with Crippen molar-refractivity contribution in [3.8, 4) is 0 Å². The van der Waals surface area contributed by atoms with Gasteiger partial charge in [0.2, 0.25) is 0 Å². The second-order valence-corrected chi connectivity index (χ2v) is 10.4. The first kappa shape index (κ1) is 22.1. The fraction of sp³-hybridized carbons (Fsp3) is 1.00. The first-order chi connectivity index (χ1) is 10.6. The molecule has 22 heavy (non-hydrogen) atoms. The fourth-order valence-electron chi connectivity index (χ4n) is 2.62. The van der Waals surface area contributed by atoms with E-state index in [1.165, 1.54) is 83.5 Å². The summed E-state index contributed by atoms with van der Waals surface area (Å²) in [5.41, 5.74) is 0. The summed E-state index contributed by atoms with van der Waals surface area (Å²) in [5, 5.41) is 0. The van der Waals surface area contributed by atoms with Crippen LogP contribution in [0.15, 0.2) is 0 Å². The lowest BCUT2D eigenvalue weighted by molar-refractivity contribution is 0.172. The third-order valence-electron chi connectivity index (χ3n) is 4.15. The normalized spacial score (nSPS) is 12.0. The molecule has 0 fully saturated rings. The average molecular weight is 331 g/mol. The van der Waals surface area contributed by atoms with E-state index in [9.17, 15) is 0 Å². The van der Waals surface area contributed by atoms with E-state index in [4.69, 9.17) is 8.85 Å². The second kappa shape index (κ2) is 16.0. The molecule has 0 aliphatic heterocycles. The van der Waals surface area contributed by atoms with Crippen molar-refractivity contribution in [2.75, 3.05) is 13.2 Å². The van der Waals surface area contributed by atoms with Crippen LogP contribution >= 0.6 is 0 Å². The van der Waals surface area contributed by atoms with Gasteiger partial charge in [-0.3, -0.25) is 0 Å². The van der Waals surface area contributed by atoms with Crippen molar-refractivity contribution in [1.82, 2.24) is 0 Å². The topological polar surface area (TPSA) is 18.5 Å². The van der Waals surface area contributed by atoms with E-state index in [1.807, 2.05) is 0 Å². The molecule has 0 radical (unpaired) electrons. The Labute approximate surface area is 141 Å². The molecule has 0 bridgehead atoms. The summed E-state index contributed by atoms with van der Waals surface area (Å²) < 4.78 is 12.0. The smallest absolute Gasteiger partial charge is 0.331 e. The van der Waals surface area contributed by atoms with Crippen LogP contribution < -0.4 is 0 Å². The Morgan fingerprint density at radius 2 is 0.818 bits per heavy atom. The lowest BCUT2D eigenvalue weighted by Gasteiger charge is -2.22. The SMILES string of the molecule is CCCCCCCCCCO[Si](C)(C)OCCCCCCC. The van der Waals surface area contributed by atoms with Crippen molar-refractivity contribution in [3.05, 3.63) is 0 Å². The van der Waals surface area contributed by atoms with E-state index >= 15 is 0 Å². The van der Waals surface area contributed by atoms with Crippen LogP contribution in [0.25, 0.3) is 0 Å². The van der Waals surface area contributed by atoms with Crippen LogP contribution in [0.4, 0.5) is 0 Å². The van der Waals surface area contributed by atoms with Gasteiger partial charge in [0.15, 0.2) is 0 Å². The molecule has 2 nitrogen and oxygen atoms in total. The Balaban J connectivity index is 3.32. The molecule has 0 unspecified atom stereocenters. The minimum absolute atomic E-state index is 0.889. The van der Waals surface area contributed by atoms with E-state index in [1.54, 1.807) is 0 Å². The molecule has 0 spiro atoms. The molecule has 0 aliphatic rings. The maximum absolute atomic E-state index is 6.02. The van der Waals surface area contributed by atoms with Gasteiger partial charge < -0.3 is 8.85 Å². The Morgan fingerprint density at radius 1 is 0.500 bits per heavy atom. The number of rotatable bonds is 17. The maximum atomic E-state index is 6.02. The molecule has 0 atom stereocenters. The highest BCUT2D eigenvalue weighted by molar-refractivity contribution is 6.64. The van der Waals surface area contributed by atoms with E-state index < -0.39 is 8.56 Å². The lowest BCUT2D eigenvalue weighted by atomic mass is 10.1. The molecule has 0 saturated heterocycles. The summed E-state index contributed by atoms with van der Waals surface area (Å²) in [6.07, 6.45) is 17.4. The molecule has 0 aromatic carbocycles. The number of unbranched alkanes of at least 4 members (excludes halogenated alkanes) is 11. The molecule has 0 rings (SSSR count). The summed E-state index contributed by atoms with van der Waals surface area (Å²) in [6.45, 7) is 10.7. The minimum atomic E-state index is -1.86. The molecule has 0 saturated carbocycles. The van der Waals surface area contributed by atoms with E-state index in [-0.39, 0.29) is 0 Å². The minimum Gasteiger partial charge on any atom is -0.395 e. The Bertz CT molecular complexity index is 219. The van der Waals surface area contributed by atoms with Gasteiger partial charge in [-0.25, -0.2) is 0 Å². The predicted molar refractivity (Wildman–Crippen MR) is 101 cm³/mol. The maximum Gasteiger partial charge on any atom is 0.331 e. The standard InChI is InChI=1S/C19H42O2Si/c1-5-7-9-11-12-13-15-17-19-21-22(3,4)20-18-16-14-10-8-6-2/h5-19H2,1-4H3. The van der Waals surface area contributed by atoms with Gasteiger partial charge in [-0.2, -0.15) is 0 Å². The van der Waals surface area contributed by atoms with Crippen molar-refractivity contribution in [2.45, 2.75) is 110 Å². The number of hydrogen-bond donors (Lipinski definition) is 0. The van der Waals surface area contributed by atoms with Crippen LogP contribution in [0.3, 0.4) is 0 Å². The van der Waals surface area contributed by atoms with Crippen LogP contribution in [0.5, 0.6) is 0 Å². The molecule has 0 aromatic rings. The van der Waals surface area contributed by atoms with E-state index in [0.29, 0.717) is 0 Å². The average Bonchev–Trinajstić information content (AvgIpc) is 2.49. The van der Waals surface area contributed by atoms with Crippen LogP contribution in [0.2, 0.25) is 13.1 Å². The quantitative estimate of drug-likeness (QED) is 0.215. The summed E-state index contributed by atoms with van der Waals surface area (Å²) in [5.74, 6) is 0. The van der Waals surface area contributed by atoms with Gasteiger partial charge in [0.1, 0.15) is 0 Å². The summed E-state index contributed by atoms with van der Waals surface area (Å²) in [6, 6.07) is 0. The monoisotopic (exact) mass is 330 g/mol. The van der Waals surface area contributed by atoms with Crippen molar-refractivity contribution in [3.63, 3.8) is 0 Å². The molecular formula is C19H42O2Si. The zero-order chi connectivity index (χ0) is 16.5. The fourth-order valence-corrected chi connectivity index (χ4v) is 3.97. The van der Waals surface area contributed by atoms with Crippen LogP contribution in [-0.2, 0) is 8.85 Å². The van der Waals surface area contributed by atoms with Crippen LogP contribution in [0.1, 0.15) is 97.3 Å².